The third-order valence-corrected chi connectivity index (χ3v) is 4.62. The van der Waals surface area contributed by atoms with Gasteiger partial charge in [-0.25, -0.2) is 0 Å². The molecule has 0 radical (unpaired) electrons. The van der Waals surface area contributed by atoms with Crippen molar-refractivity contribution in [1.29, 1.82) is 0 Å². The average molecular weight is 325 g/mol. The van der Waals surface area contributed by atoms with Gasteiger partial charge < -0.3 is 11.5 Å². The fourth-order valence-corrected chi connectivity index (χ4v) is 3.01. The standard InChI is InChI=1S/C21H44N2/c1-2-3-4-5-6-7-8-9-10-11-12-13-14-15-16-17-18-21(23)19-20-22/h9-10,21H,2-8,11-20,22-23H2,1H3. The summed E-state index contributed by atoms with van der Waals surface area (Å²) >= 11 is 0. The minimum atomic E-state index is 0.330. The van der Waals surface area contributed by atoms with E-state index in [9.17, 15) is 0 Å². The molecule has 0 spiro atoms. The maximum Gasteiger partial charge on any atom is 0.00508 e. The first kappa shape index (κ1) is 22.7. The molecular formula is C21H44N2. The quantitative estimate of drug-likeness (QED) is 0.237. The molecule has 0 aromatic heterocycles. The van der Waals surface area contributed by atoms with Crippen molar-refractivity contribution >= 4 is 0 Å². The molecule has 0 aromatic rings. The number of hydrogen-bond acceptors (Lipinski definition) is 2. The summed E-state index contributed by atoms with van der Waals surface area (Å²) in [4.78, 5) is 0. The molecule has 2 nitrogen and oxygen atoms in total. The summed E-state index contributed by atoms with van der Waals surface area (Å²) in [7, 11) is 0. The minimum absolute atomic E-state index is 0.330. The lowest BCUT2D eigenvalue weighted by atomic mass is 10.0. The van der Waals surface area contributed by atoms with Gasteiger partial charge in [-0.05, 0) is 45.1 Å². The zero-order chi connectivity index (χ0) is 17.0. The molecule has 0 amide bonds. The predicted molar refractivity (Wildman–Crippen MR) is 106 cm³/mol. The second kappa shape index (κ2) is 19.7. The van der Waals surface area contributed by atoms with Crippen LogP contribution in [0.3, 0.4) is 0 Å². The van der Waals surface area contributed by atoms with Crippen LogP contribution in [0.1, 0.15) is 110 Å². The van der Waals surface area contributed by atoms with Crippen molar-refractivity contribution in [3.63, 3.8) is 0 Å². The van der Waals surface area contributed by atoms with Crippen molar-refractivity contribution in [2.75, 3.05) is 6.54 Å². The highest BCUT2D eigenvalue weighted by atomic mass is 14.6. The smallest absolute Gasteiger partial charge is 0.00508 e. The van der Waals surface area contributed by atoms with Crippen LogP contribution in [0, 0.1) is 0 Å². The lowest BCUT2D eigenvalue weighted by Crippen LogP contribution is -2.23. The van der Waals surface area contributed by atoms with Gasteiger partial charge in [-0.2, -0.15) is 0 Å². The Bertz CT molecular complexity index is 238. The predicted octanol–water partition coefficient (Wildman–Crippen LogP) is 6.09. The summed E-state index contributed by atoms with van der Waals surface area (Å²) in [5.74, 6) is 0. The molecule has 0 aromatic carbocycles. The van der Waals surface area contributed by atoms with Crippen molar-refractivity contribution in [1.82, 2.24) is 0 Å². The second-order valence-corrected chi connectivity index (χ2v) is 7.06. The van der Waals surface area contributed by atoms with Crippen molar-refractivity contribution in [2.24, 2.45) is 11.5 Å². The van der Waals surface area contributed by atoms with Crippen molar-refractivity contribution < 1.29 is 0 Å². The van der Waals surface area contributed by atoms with Crippen LogP contribution in [0.5, 0.6) is 0 Å². The van der Waals surface area contributed by atoms with Gasteiger partial charge in [-0.1, -0.05) is 83.3 Å². The van der Waals surface area contributed by atoms with Gasteiger partial charge in [0.25, 0.3) is 0 Å². The molecule has 0 saturated carbocycles. The Balaban J connectivity index is 3.10. The molecule has 2 heteroatoms. The molecule has 1 unspecified atom stereocenters. The lowest BCUT2D eigenvalue weighted by molar-refractivity contribution is 0.515. The molecule has 0 bridgehead atoms. The van der Waals surface area contributed by atoms with Crippen LogP contribution in [-0.4, -0.2) is 12.6 Å². The highest BCUT2D eigenvalue weighted by molar-refractivity contribution is 4.81. The van der Waals surface area contributed by atoms with E-state index in [2.05, 4.69) is 19.1 Å². The molecule has 0 saturated heterocycles. The molecule has 0 heterocycles. The van der Waals surface area contributed by atoms with Gasteiger partial charge in [0.15, 0.2) is 0 Å². The number of nitrogens with two attached hydrogens (primary N) is 2. The monoisotopic (exact) mass is 324 g/mol. The van der Waals surface area contributed by atoms with E-state index in [-0.39, 0.29) is 0 Å². The molecule has 0 aliphatic rings. The highest BCUT2D eigenvalue weighted by Crippen LogP contribution is 2.11. The lowest BCUT2D eigenvalue weighted by Gasteiger charge is -2.09. The molecule has 0 rings (SSSR count). The number of hydrogen-bond donors (Lipinski definition) is 2. The first-order valence-corrected chi connectivity index (χ1v) is 10.4. The van der Waals surface area contributed by atoms with Crippen LogP contribution in [0.25, 0.3) is 0 Å². The Morgan fingerprint density at radius 2 is 1.13 bits per heavy atom. The van der Waals surface area contributed by atoms with Gasteiger partial charge in [0, 0.05) is 6.04 Å². The summed E-state index contributed by atoms with van der Waals surface area (Å²) in [6.45, 7) is 3.01. The van der Waals surface area contributed by atoms with E-state index in [0.29, 0.717) is 6.04 Å². The maximum absolute atomic E-state index is 5.96. The largest absolute Gasteiger partial charge is 0.330 e. The summed E-state index contributed by atoms with van der Waals surface area (Å²) in [5, 5.41) is 0. The number of allylic oxidation sites excluding steroid dienone is 2. The SMILES string of the molecule is CCCCCCCCC=CCCCCCCCCC(N)CCN. The van der Waals surface area contributed by atoms with Crippen molar-refractivity contribution in [3.05, 3.63) is 12.2 Å². The summed E-state index contributed by atoms with van der Waals surface area (Å²) in [6, 6.07) is 0.330. The fraction of sp³-hybridized carbons (Fsp3) is 0.905. The van der Waals surface area contributed by atoms with E-state index in [1.165, 1.54) is 89.9 Å². The van der Waals surface area contributed by atoms with Gasteiger partial charge in [-0.3, -0.25) is 0 Å². The zero-order valence-corrected chi connectivity index (χ0v) is 15.9. The molecule has 0 aliphatic heterocycles. The molecular weight excluding hydrogens is 280 g/mol. The van der Waals surface area contributed by atoms with Crippen LogP contribution < -0.4 is 11.5 Å². The highest BCUT2D eigenvalue weighted by Gasteiger charge is 2.00. The first-order chi connectivity index (χ1) is 11.3. The van der Waals surface area contributed by atoms with E-state index < -0.39 is 0 Å². The number of rotatable bonds is 18. The molecule has 4 N–H and O–H groups in total. The molecule has 1 atom stereocenters. The average Bonchev–Trinajstić information content (AvgIpc) is 2.54. The molecule has 0 fully saturated rings. The van der Waals surface area contributed by atoms with Gasteiger partial charge in [0.2, 0.25) is 0 Å². The Kier molecular flexibility index (Phi) is 19.4. The van der Waals surface area contributed by atoms with Gasteiger partial charge in [0.1, 0.15) is 0 Å². The minimum Gasteiger partial charge on any atom is -0.330 e. The van der Waals surface area contributed by atoms with Crippen LogP contribution in [0.15, 0.2) is 12.2 Å². The van der Waals surface area contributed by atoms with Gasteiger partial charge in [0.05, 0.1) is 0 Å². The van der Waals surface area contributed by atoms with E-state index in [4.69, 9.17) is 11.5 Å². The number of unbranched alkanes of at least 4 members (excludes halogenated alkanes) is 12. The Morgan fingerprint density at radius 1 is 0.652 bits per heavy atom. The third kappa shape index (κ3) is 19.6. The summed E-state index contributed by atoms with van der Waals surface area (Å²) in [5.41, 5.74) is 11.5. The van der Waals surface area contributed by atoms with E-state index in [0.717, 1.165) is 19.4 Å². The summed E-state index contributed by atoms with van der Waals surface area (Å²) in [6.07, 6.45) is 26.0. The van der Waals surface area contributed by atoms with E-state index >= 15 is 0 Å². The van der Waals surface area contributed by atoms with E-state index in [1.807, 2.05) is 0 Å². The zero-order valence-electron chi connectivity index (χ0n) is 15.9. The van der Waals surface area contributed by atoms with Crippen LogP contribution >= 0.6 is 0 Å². The molecule has 23 heavy (non-hydrogen) atoms. The fourth-order valence-electron chi connectivity index (χ4n) is 3.01. The third-order valence-electron chi connectivity index (χ3n) is 4.62. The Labute approximate surface area is 146 Å². The molecule has 0 aliphatic carbocycles. The van der Waals surface area contributed by atoms with Crippen molar-refractivity contribution in [2.45, 2.75) is 116 Å². The Morgan fingerprint density at radius 3 is 1.65 bits per heavy atom. The normalized spacial score (nSPS) is 13.0. The molecule has 138 valence electrons. The maximum atomic E-state index is 5.96. The summed E-state index contributed by atoms with van der Waals surface area (Å²) < 4.78 is 0. The van der Waals surface area contributed by atoms with Crippen LogP contribution in [-0.2, 0) is 0 Å². The van der Waals surface area contributed by atoms with Gasteiger partial charge >= 0.3 is 0 Å². The van der Waals surface area contributed by atoms with Crippen molar-refractivity contribution in [3.8, 4) is 0 Å². The van der Waals surface area contributed by atoms with Crippen LogP contribution in [0.4, 0.5) is 0 Å². The van der Waals surface area contributed by atoms with Crippen LogP contribution in [0.2, 0.25) is 0 Å². The topological polar surface area (TPSA) is 52.0 Å². The Hall–Kier alpha value is -0.340. The van der Waals surface area contributed by atoms with E-state index in [1.54, 1.807) is 0 Å². The van der Waals surface area contributed by atoms with Gasteiger partial charge in [-0.15, -0.1) is 0 Å². The first-order valence-electron chi connectivity index (χ1n) is 10.4. The second-order valence-electron chi connectivity index (χ2n) is 7.06.